The van der Waals surface area contributed by atoms with Crippen molar-refractivity contribution >= 4 is 17.6 Å². The number of halogens is 1. The van der Waals surface area contributed by atoms with Gasteiger partial charge >= 0.3 is 6.03 Å². The Hall–Kier alpha value is -2.77. The molecule has 7 nitrogen and oxygen atoms in total. The monoisotopic (exact) mass is 346 g/mol. The van der Waals surface area contributed by atoms with Crippen LogP contribution in [0.3, 0.4) is 0 Å². The molecular weight excluding hydrogens is 327 g/mol. The van der Waals surface area contributed by atoms with Crippen molar-refractivity contribution in [1.29, 1.82) is 0 Å². The second kappa shape index (κ2) is 7.00. The molecule has 2 heterocycles. The fourth-order valence-corrected chi connectivity index (χ4v) is 2.73. The third-order valence-corrected chi connectivity index (χ3v) is 4.11. The fraction of sp³-hybridized carbons (Fsp3) is 0.412. The van der Waals surface area contributed by atoms with Crippen molar-refractivity contribution in [1.82, 2.24) is 15.0 Å². The Morgan fingerprint density at radius 3 is 2.64 bits per heavy atom. The highest BCUT2D eigenvalue weighted by Crippen LogP contribution is 2.27. The largest absolute Gasteiger partial charge is 0.337 e. The molecule has 3 rings (SSSR count). The van der Waals surface area contributed by atoms with Crippen molar-refractivity contribution < 1.29 is 18.5 Å². The lowest BCUT2D eigenvalue weighted by Gasteiger charge is -2.18. The van der Waals surface area contributed by atoms with Crippen molar-refractivity contribution in [2.45, 2.75) is 45.7 Å². The number of carbonyl (C=O) groups excluding carboxylic acids is 2. The minimum Gasteiger partial charge on any atom is -0.337 e. The summed E-state index contributed by atoms with van der Waals surface area (Å²) in [6.45, 7) is 3.62. The molecule has 0 radical (unpaired) electrons. The molecule has 1 atom stereocenters. The Balaban J connectivity index is 1.76. The molecule has 0 bridgehead atoms. The first kappa shape index (κ1) is 17.1. The van der Waals surface area contributed by atoms with Crippen LogP contribution < -0.4 is 4.90 Å². The molecule has 0 unspecified atom stereocenters. The summed E-state index contributed by atoms with van der Waals surface area (Å²) in [5.41, 5.74) is 0.462. The summed E-state index contributed by atoms with van der Waals surface area (Å²) < 4.78 is 18.2. The Morgan fingerprint density at radius 2 is 1.96 bits per heavy atom. The van der Waals surface area contributed by atoms with Gasteiger partial charge in [0, 0.05) is 12.1 Å². The zero-order chi connectivity index (χ0) is 18.0. The maximum Gasteiger partial charge on any atom is 0.332 e. The molecule has 0 aliphatic carbocycles. The third-order valence-electron chi connectivity index (χ3n) is 4.11. The molecule has 3 amide bonds. The van der Waals surface area contributed by atoms with Gasteiger partial charge in [-0.3, -0.25) is 14.6 Å². The first-order valence-electron chi connectivity index (χ1n) is 8.23. The second-order valence-electron chi connectivity index (χ2n) is 5.94. The molecule has 132 valence electrons. The smallest absolute Gasteiger partial charge is 0.332 e. The van der Waals surface area contributed by atoms with Gasteiger partial charge < -0.3 is 4.52 Å². The SMILES string of the molecule is CCCCc1noc(CN2C(=O)[C@H](C)N(c3ccc(F)cc3)C2=O)n1. The van der Waals surface area contributed by atoms with Gasteiger partial charge in [0.15, 0.2) is 5.82 Å². The van der Waals surface area contributed by atoms with Crippen LogP contribution in [0.2, 0.25) is 0 Å². The number of aromatic nitrogens is 2. The number of unbranched alkanes of at least 4 members (excludes halogenated alkanes) is 1. The van der Waals surface area contributed by atoms with Gasteiger partial charge in [-0.1, -0.05) is 18.5 Å². The predicted molar refractivity (Wildman–Crippen MR) is 87.2 cm³/mol. The fourth-order valence-electron chi connectivity index (χ4n) is 2.73. The van der Waals surface area contributed by atoms with Crippen molar-refractivity contribution in [3.05, 3.63) is 41.8 Å². The van der Waals surface area contributed by atoms with Crippen LogP contribution in [-0.2, 0) is 17.8 Å². The normalized spacial score (nSPS) is 17.6. The zero-order valence-corrected chi connectivity index (χ0v) is 14.1. The number of urea groups is 1. The van der Waals surface area contributed by atoms with Gasteiger partial charge in [-0.05, 0) is 37.6 Å². The topological polar surface area (TPSA) is 79.5 Å². The van der Waals surface area contributed by atoms with E-state index in [1.807, 2.05) is 0 Å². The number of imide groups is 1. The summed E-state index contributed by atoms with van der Waals surface area (Å²) >= 11 is 0. The number of hydrogen-bond donors (Lipinski definition) is 0. The van der Waals surface area contributed by atoms with E-state index in [4.69, 9.17) is 4.52 Å². The van der Waals surface area contributed by atoms with Gasteiger partial charge in [-0.25, -0.2) is 9.18 Å². The number of amides is 3. The number of rotatable bonds is 6. The van der Waals surface area contributed by atoms with E-state index in [0.717, 1.165) is 17.7 Å². The quantitative estimate of drug-likeness (QED) is 0.752. The number of anilines is 1. The van der Waals surface area contributed by atoms with Gasteiger partial charge in [-0.2, -0.15) is 4.98 Å². The Morgan fingerprint density at radius 1 is 1.24 bits per heavy atom. The molecule has 1 aromatic carbocycles. The standard InChI is InChI=1S/C17H19FN4O3/c1-3-4-5-14-19-15(25-20-14)10-21-16(23)11(2)22(17(21)24)13-8-6-12(18)7-9-13/h6-9,11H,3-5,10H2,1-2H3/t11-/m0/s1. The lowest BCUT2D eigenvalue weighted by molar-refractivity contribution is -0.127. The lowest BCUT2D eigenvalue weighted by Crippen LogP contribution is -2.33. The van der Waals surface area contributed by atoms with Crippen LogP contribution in [-0.4, -0.2) is 33.0 Å². The van der Waals surface area contributed by atoms with Gasteiger partial charge in [0.2, 0.25) is 5.89 Å². The molecule has 1 saturated heterocycles. The van der Waals surface area contributed by atoms with Crippen molar-refractivity contribution in [3.8, 4) is 0 Å². The Kier molecular flexibility index (Phi) is 4.78. The molecule has 1 aliphatic heterocycles. The highest BCUT2D eigenvalue weighted by atomic mass is 19.1. The van der Waals surface area contributed by atoms with Crippen LogP contribution in [0.1, 0.15) is 38.4 Å². The molecule has 1 aromatic heterocycles. The number of aryl methyl sites for hydroxylation is 1. The van der Waals surface area contributed by atoms with Crippen LogP contribution in [0.4, 0.5) is 14.9 Å². The number of hydrogen-bond acceptors (Lipinski definition) is 5. The molecule has 0 saturated carbocycles. The first-order chi connectivity index (χ1) is 12.0. The summed E-state index contributed by atoms with van der Waals surface area (Å²) in [6, 6.07) is 4.27. The van der Waals surface area contributed by atoms with E-state index in [1.54, 1.807) is 6.92 Å². The summed E-state index contributed by atoms with van der Waals surface area (Å²) in [7, 11) is 0. The molecule has 1 aliphatic rings. The van der Waals surface area contributed by atoms with Crippen molar-refractivity contribution in [3.63, 3.8) is 0 Å². The summed E-state index contributed by atoms with van der Waals surface area (Å²) in [6.07, 6.45) is 2.65. The summed E-state index contributed by atoms with van der Waals surface area (Å²) in [5, 5.41) is 3.86. The summed E-state index contributed by atoms with van der Waals surface area (Å²) in [4.78, 5) is 31.7. The minimum atomic E-state index is -0.680. The van der Waals surface area contributed by atoms with Crippen LogP contribution in [0.5, 0.6) is 0 Å². The minimum absolute atomic E-state index is 0.0706. The molecule has 8 heteroatoms. The molecule has 25 heavy (non-hydrogen) atoms. The third kappa shape index (κ3) is 3.38. The second-order valence-corrected chi connectivity index (χ2v) is 5.94. The van der Waals surface area contributed by atoms with Crippen LogP contribution in [0.25, 0.3) is 0 Å². The van der Waals surface area contributed by atoms with Crippen molar-refractivity contribution in [2.24, 2.45) is 0 Å². The lowest BCUT2D eigenvalue weighted by atomic mass is 10.2. The number of nitrogens with zero attached hydrogens (tertiary/aromatic N) is 4. The van der Waals surface area contributed by atoms with Gasteiger partial charge in [-0.15, -0.1) is 0 Å². The van der Waals surface area contributed by atoms with E-state index in [0.29, 0.717) is 17.9 Å². The van der Waals surface area contributed by atoms with Gasteiger partial charge in [0.05, 0.1) is 0 Å². The van der Waals surface area contributed by atoms with Crippen LogP contribution >= 0.6 is 0 Å². The first-order valence-corrected chi connectivity index (χ1v) is 8.23. The molecule has 0 spiro atoms. The van der Waals surface area contributed by atoms with E-state index >= 15 is 0 Å². The predicted octanol–water partition coefficient (Wildman–Crippen LogP) is 2.91. The Labute approximate surface area is 144 Å². The molecule has 0 N–H and O–H groups in total. The van der Waals surface area contributed by atoms with Gasteiger partial charge in [0.1, 0.15) is 18.4 Å². The molecule has 2 aromatic rings. The maximum absolute atomic E-state index is 13.1. The van der Waals surface area contributed by atoms with E-state index in [-0.39, 0.29) is 18.3 Å². The van der Waals surface area contributed by atoms with E-state index < -0.39 is 17.9 Å². The number of benzene rings is 1. The summed E-state index contributed by atoms with van der Waals surface area (Å²) in [5.74, 6) is 0.0275. The van der Waals surface area contributed by atoms with Gasteiger partial charge in [0.25, 0.3) is 5.91 Å². The van der Waals surface area contributed by atoms with E-state index in [2.05, 4.69) is 17.1 Å². The molecular formula is C17H19FN4O3. The van der Waals surface area contributed by atoms with E-state index in [1.165, 1.54) is 29.2 Å². The Bertz CT molecular complexity index is 774. The van der Waals surface area contributed by atoms with Crippen molar-refractivity contribution in [2.75, 3.05) is 4.90 Å². The highest BCUT2D eigenvalue weighted by molar-refractivity contribution is 6.13. The average molecular weight is 346 g/mol. The molecule has 1 fully saturated rings. The van der Waals surface area contributed by atoms with E-state index in [9.17, 15) is 14.0 Å². The zero-order valence-electron chi connectivity index (χ0n) is 14.1. The average Bonchev–Trinajstić information content (AvgIpc) is 3.13. The number of carbonyl (C=O) groups is 2. The van der Waals surface area contributed by atoms with Crippen LogP contribution in [0.15, 0.2) is 28.8 Å². The maximum atomic E-state index is 13.1. The highest BCUT2D eigenvalue weighted by Gasteiger charge is 2.43. The van der Waals surface area contributed by atoms with Crippen LogP contribution in [0, 0.1) is 5.82 Å².